The van der Waals surface area contributed by atoms with Crippen LogP contribution in [0.5, 0.6) is 0 Å². The molecule has 0 radical (unpaired) electrons. The molecule has 0 fully saturated rings. The number of hydrogen-bond donors (Lipinski definition) is 0. The fraction of sp³-hybridized carbons (Fsp3) is 0.588. The third-order valence-electron chi connectivity index (χ3n) is 2.91. The fourth-order valence-electron chi connectivity index (χ4n) is 1.73. The zero-order valence-electron chi connectivity index (χ0n) is 13.2. The van der Waals surface area contributed by atoms with Crippen molar-refractivity contribution in [1.82, 2.24) is 4.90 Å². The number of nitrogens with zero attached hydrogens (tertiary/aromatic N) is 1. The summed E-state index contributed by atoms with van der Waals surface area (Å²) in [6.45, 7) is 15.3. The summed E-state index contributed by atoms with van der Waals surface area (Å²) in [4.78, 5) is 13.8. The van der Waals surface area contributed by atoms with Crippen molar-refractivity contribution in [1.29, 1.82) is 0 Å². The Morgan fingerprint density at radius 3 is 2.26 bits per heavy atom. The van der Waals surface area contributed by atoms with E-state index < -0.39 is 0 Å². The maximum Gasteiger partial charge on any atom is 0.225 e. The van der Waals surface area contributed by atoms with Gasteiger partial charge < -0.3 is 4.90 Å². The lowest BCUT2D eigenvalue weighted by molar-refractivity contribution is -0.133. The van der Waals surface area contributed by atoms with Crippen LogP contribution in [0.1, 0.15) is 47.5 Å². The fourth-order valence-corrected chi connectivity index (χ4v) is 1.73. The molecule has 0 aromatic heterocycles. The molecule has 0 aromatic rings. The monoisotopic (exact) mass is 263 g/mol. The Kier molecular flexibility index (Phi) is 8.94. The van der Waals surface area contributed by atoms with E-state index in [2.05, 4.69) is 39.5 Å². The lowest BCUT2D eigenvalue weighted by atomic mass is 10.1. The maximum absolute atomic E-state index is 12.0. The van der Waals surface area contributed by atoms with Crippen molar-refractivity contribution < 1.29 is 4.79 Å². The Morgan fingerprint density at radius 2 is 1.79 bits per heavy atom. The second-order valence-corrected chi connectivity index (χ2v) is 5.56. The molecule has 108 valence electrons. The lowest BCUT2D eigenvalue weighted by Crippen LogP contribution is -2.34. The first-order valence-electron chi connectivity index (χ1n) is 7.07. The van der Waals surface area contributed by atoms with Crippen LogP contribution in [0.2, 0.25) is 0 Å². The highest BCUT2D eigenvalue weighted by molar-refractivity contribution is 5.78. The van der Waals surface area contributed by atoms with Gasteiger partial charge in [0.25, 0.3) is 0 Å². The van der Waals surface area contributed by atoms with Gasteiger partial charge in [-0.2, -0.15) is 0 Å². The number of carbonyl (C=O) groups excluding carboxylic acids is 1. The van der Waals surface area contributed by atoms with E-state index in [0.717, 1.165) is 12.8 Å². The molecule has 0 aliphatic rings. The van der Waals surface area contributed by atoms with Crippen molar-refractivity contribution in [2.75, 3.05) is 13.1 Å². The minimum Gasteiger partial charge on any atom is -0.335 e. The predicted molar refractivity (Wildman–Crippen MR) is 84.0 cm³/mol. The van der Waals surface area contributed by atoms with Gasteiger partial charge in [-0.15, -0.1) is 6.58 Å². The highest BCUT2D eigenvalue weighted by Crippen LogP contribution is 2.08. The smallest absolute Gasteiger partial charge is 0.225 e. The molecule has 0 aliphatic carbocycles. The molecule has 2 nitrogen and oxygen atoms in total. The van der Waals surface area contributed by atoms with Crippen molar-refractivity contribution in [2.45, 2.75) is 47.5 Å². The van der Waals surface area contributed by atoms with Gasteiger partial charge in [-0.1, -0.05) is 43.2 Å². The first kappa shape index (κ1) is 17.7. The van der Waals surface area contributed by atoms with E-state index in [4.69, 9.17) is 0 Å². The number of carbonyl (C=O) groups is 1. The normalized spacial score (nSPS) is 11.4. The van der Waals surface area contributed by atoms with Crippen LogP contribution < -0.4 is 0 Å². The summed E-state index contributed by atoms with van der Waals surface area (Å²) in [6.07, 6.45) is 8.32. The summed E-state index contributed by atoms with van der Waals surface area (Å²) in [7, 11) is 0. The van der Waals surface area contributed by atoms with Crippen molar-refractivity contribution in [2.24, 2.45) is 5.92 Å². The summed E-state index contributed by atoms with van der Waals surface area (Å²) >= 11 is 0. The van der Waals surface area contributed by atoms with Crippen molar-refractivity contribution in [3.8, 4) is 0 Å². The molecule has 0 unspecified atom stereocenters. The second-order valence-electron chi connectivity index (χ2n) is 5.56. The van der Waals surface area contributed by atoms with Crippen molar-refractivity contribution in [3.05, 3.63) is 36.0 Å². The third kappa shape index (κ3) is 8.41. The van der Waals surface area contributed by atoms with E-state index in [0.29, 0.717) is 13.1 Å². The Morgan fingerprint density at radius 1 is 1.16 bits per heavy atom. The standard InChI is InChI=1S/C17H29NO/c1-7-12-18(17(19)15(4)5)13-11-16(6)10-8-9-14(2)3/h7,9,11,15H,1,8,10,12-13H2,2-6H3/b16-11-. The minimum atomic E-state index is 0.0410. The van der Waals surface area contributed by atoms with Crippen molar-refractivity contribution >= 4 is 5.91 Å². The topological polar surface area (TPSA) is 20.3 Å². The van der Waals surface area contributed by atoms with E-state index in [1.165, 1.54) is 11.1 Å². The van der Waals surface area contributed by atoms with E-state index in [-0.39, 0.29) is 11.8 Å². The molecular formula is C17H29NO. The molecule has 0 heterocycles. The minimum absolute atomic E-state index is 0.0410. The molecular weight excluding hydrogens is 234 g/mol. The molecule has 0 atom stereocenters. The average molecular weight is 263 g/mol. The van der Waals surface area contributed by atoms with Gasteiger partial charge in [-0.3, -0.25) is 4.79 Å². The molecule has 0 spiro atoms. The quantitative estimate of drug-likeness (QED) is 0.596. The van der Waals surface area contributed by atoms with Gasteiger partial charge in [0.05, 0.1) is 0 Å². The van der Waals surface area contributed by atoms with E-state index in [1.807, 2.05) is 18.7 Å². The van der Waals surface area contributed by atoms with Gasteiger partial charge in [0, 0.05) is 19.0 Å². The summed E-state index contributed by atoms with van der Waals surface area (Å²) in [6, 6.07) is 0. The Labute approximate surface area is 118 Å². The van der Waals surface area contributed by atoms with Gasteiger partial charge in [0.1, 0.15) is 0 Å². The summed E-state index contributed by atoms with van der Waals surface area (Å²) in [5, 5.41) is 0. The Hall–Kier alpha value is -1.31. The Balaban J connectivity index is 4.39. The average Bonchev–Trinajstić information content (AvgIpc) is 2.32. The molecule has 2 heteroatoms. The van der Waals surface area contributed by atoms with Crippen LogP contribution in [0.15, 0.2) is 36.0 Å². The maximum atomic E-state index is 12.0. The van der Waals surface area contributed by atoms with Gasteiger partial charge in [-0.05, 0) is 33.6 Å². The molecule has 0 bridgehead atoms. The van der Waals surface area contributed by atoms with Crippen LogP contribution in [0.4, 0.5) is 0 Å². The van der Waals surface area contributed by atoms with Crippen LogP contribution in [0.3, 0.4) is 0 Å². The van der Waals surface area contributed by atoms with Crippen LogP contribution in [0, 0.1) is 5.92 Å². The van der Waals surface area contributed by atoms with E-state index in [9.17, 15) is 4.79 Å². The summed E-state index contributed by atoms with van der Waals surface area (Å²) < 4.78 is 0. The molecule has 0 N–H and O–H groups in total. The SMILES string of the molecule is C=CCN(C/C=C(/C)CCC=C(C)C)C(=O)C(C)C. The number of rotatable bonds is 8. The molecule has 19 heavy (non-hydrogen) atoms. The molecule has 0 saturated heterocycles. The highest BCUT2D eigenvalue weighted by atomic mass is 16.2. The van der Waals surface area contributed by atoms with Gasteiger partial charge >= 0.3 is 0 Å². The van der Waals surface area contributed by atoms with E-state index in [1.54, 1.807) is 6.08 Å². The molecule has 1 amide bonds. The number of hydrogen-bond acceptors (Lipinski definition) is 1. The van der Waals surface area contributed by atoms with Crippen molar-refractivity contribution in [3.63, 3.8) is 0 Å². The van der Waals surface area contributed by atoms with Crippen LogP contribution in [-0.4, -0.2) is 23.9 Å². The number of allylic oxidation sites excluding steroid dienone is 3. The predicted octanol–water partition coefficient (Wildman–Crippen LogP) is 4.35. The van der Waals surface area contributed by atoms with Gasteiger partial charge in [-0.25, -0.2) is 0 Å². The molecule has 0 saturated carbocycles. The highest BCUT2D eigenvalue weighted by Gasteiger charge is 2.14. The van der Waals surface area contributed by atoms with Gasteiger partial charge in [0.2, 0.25) is 5.91 Å². The summed E-state index contributed by atoms with van der Waals surface area (Å²) in [5.41, 5.74) is 2.69. The number of amides is 1. The van der Waals surface area contributed by atoms with Crippen LogP contribution in [-0.2, 0) is 4.79 Å². The first-order valence-corrected chi connectivity index (χ1v) is 7.07. The van der Waals surface area contributed by atoms with E-state index >= 15 is 0 Å². The van der Waals surface area contributed by atoms with Gasteiger partial charge in [0.15, 0.2) is 0 Å². The largest absolute Gasteiger partial charge is 0.335 e. The third-order valence-corrected chi connectivity index (χ3v) is 2.91. The molecule has 0 aliphatic heterocycles. The summed E-state index contributed by atoms with van der Waals surface area (Å²) in [5.74, 6) is 0.229. The molecule has 0 rings (SSSR count). The zero-order chi connectivity index (χ0) is 14.8. The first-order chi connectivity index (χ1) is 8.88. The van der Waals surface area contributed by atoms with Crippen LogP contribution in [0.25, 0.3) is 0 Å². The zero-order valence-corrected chi connectivity index (χ0v) is 13.2. The molecule has 0 aromatic carbocycles. The lowest BCUT2D eigenvalue weighted by Gasteiger charge is -2.22. The second kappa shape index (κ2) is 9.60. The van der Waals surface area contributed by atoms with Crippen LogP contribution >= 0.6 is 0 Å². The Bertz CT molecular complexity index is 346.